The Morgan fingerprint density at radius 1 is 1.10 bits per heavy atom. The van der Waals surface area contributed by atoms with Crippen LogP contribution in [-0.4, -0.2) is 35.5 Å². The van der Waals surface area contributed by atoms with Gasteiger partial charge in [-0.15, -0.1) is 5.53 Å². The third-order valence-electron chi connectivity index (χ3n) is 10.5. The summed E-state index contributed by atoms with van der Waals surface area (Å²) in [6.07, 6.45) is 15.7. The molecule has 0 aromatic rings. The van der Waals surface area contributed by atoms with Crippen LogP contribution in [0.2, 0.25) is 0 Å². The standard InChI is InChI=1S/C26H45N3O2/c1-4-31-17-26(30)12-10-20-19(15-26)5-6-22-21(20)9-11-25(3)23(7-8-24(22)25)18(2)16-29-14-13-27-28-29/h13-14,18-24,27-28,30H,4-12,15-17H2,1-3H3/t18-,19-,20+,21-,22-,23-,24+,25-,26-/m1/s1. The van der Waals surface area contributed by atoms with Crippen LogP contribution in [0.25, 0.3) is 0 Å². The van der Waals surface area contributed by atoms with Crippen LogP contribution in [-0.2, 0) is 4.74 Å². The van der Waals surface area contributed by atoms with Crippen molar-refractivity contribution in [2.75, 3.05) is 19.8 Å². The van der Waals surface area contributed by atoms with Crippen molar-refractivity contribution in [2.24, 2.45) is 46.8 Å². The van der Waals surface area contributed by atoms with Gasteiger partial charge in [0.15, 0.2) is 0 Å². The third-order valence-corrected chi connectivity index (χ3v) is 10.5. The highest BCUT2D eigenvalue weighted by atomic mass is 16.5. The molecule has 1 heterocycles. The quantitative estimate of drug-likeness (QED) is 0.580. The van der Waals surface area contributed by atoms with E-state index in [0.717, 1.165) is 54.9 Å². The zero-order chi connectivity index (χ0) is 21.6. The van der Waals surface area contributed by atoms with Crippen LogP contribution >= 0.6 is 0 Å². The van der Waals surface area contributed by atoms with Crippen molar-refractivity contribution in [1.82, 2.24) is 16.0 Å². The summed E-state index contributed by atoms with van der Waals surface area (Å²) in [5.74, 6) is 5.90. The molecule has 5 nitrogen and oxygen atoms in total. The highest BCUT2D eigenvalue weighted by Crippen LogP contribution is 2.65. The molecule has 0 amide bonds. The van der Waals surface area contributed by atoms with E-state index in [0.29, 0.717) is 24.5 Å². The van der Waals surface area contributed by atoms with Crippen molar-refractivity contribution in [2.45, 2.75) is 84.2 Å². The lowest BCUT2D eigenvalue weighted by atomic mass is 9.48. The summed E-state index contributed by atoms with van der Waals surface area (Å²) in [6, 6.07) is 0. The fourth-order valence-electron chi connectivity index (χ4n) is 9.19. The Kier molecular flexibility index (Phi) is 6.07. The molecule has 0 aromatic carbocycles. The van der Waals surface area contributed by atoms with Gasteiger partial charge in [0, 0.05) is 25.6 Å². The van der Waals surface area contributed by atoms with Crippen LogP contribution in [0.4, 0.5) is 0 Å². The molecular formula is C26H45N3O2. The van der Waals surface area contributed by atoms with Gasteiger partial charge in [-0.2, -0.15) is 0 Å². The smallest absolute Gasteiger partial charge is 0.0883 e. The van der Waals surface area contributed by atoms with Gasteiger partial charge < -0.3 is 15.3 Å². The molecule has 176 valence electrons. The second kappa shape index (κ2) is 8.53. The number of ether oxygens (including phenoxy) is 1. The molecule has 1 aliphatic heterocycles. The lowest BCUT2D eigenvalue weighted by Gasteiger charge is -2.57. The van der Waals surface area contributed by atoms with Crippen LogP contribution in [0.1, 0.15) is 78.6 Å². The van der Waals surface area contributed by atoms with Gasteiger partial charge in [0.05, 0.1) is 12.2 Å². The normalized spacial score (nSPS) is 47.4. The summed E-state index contributed by atoms with van der Waals surface area (Å²) in [5.41, 5.74) is 6.28. The second-order valence-corrected chi connectivity index (χ2v) is 12.0. The Balaban J connectivity index is 1.25. The maximum atomic E-state index is 11.1. The van der Waals surface area contributed by atoms with Crippen molar-refractivity contribution in [1.29, 1.82) is 0 Å². The summed E-state index contributed by atoms with van der Waals surface area (Å²) < 4.78 is 5.65. The van der Waals surface area contributed by atoms with Gasteiger partial charge in [-0.05, 0) is 112 Å². The van der Waals surface area contributed by atoms with Crippen molar-refractivity contribution < 1.29 is 9.84 Å². The number of nitrogens with zero attached hydrogens (tertiary/aromatic N) is 1. The fraction of sp³-hybridized carbons (Fsp3) is 0.923. The molecule has 0 saturated heterocycles. The Morgan fingerprint density at radius 3 is 2.71 bits per heavy atom. The van der Waals surface area contributed by atoms with Gasteiger partial charge in [0.2, 0.25) is 0 Å². The van der Waals surface area contributed by atoms with Crippen LogP contribution in [0.3, 0.4) is 0 Å². The second-order valence-electron chi connectivity index (χ2n) is 12.0. The van der Waals surface area contributed by atoms with Gasteiger partial charge >= 0.3 is 0 Å². The molecule has 5 aliphatic rings. The molecule has 31 heavy (non-hydrogen) atoms. The monoisotopic (exact) mass is 431 g/mol. The summed E-state index contributed by atoms with van der Waals surface area (Å²) in [5, 5.41) is 13.3. The predicted molar refractivity (Wildman–Crippen MR) is 123 cm³/mol. The van der Waals surface area contributed by atoms with Crippen LogP contribution in [0, 0.1) is 46.8 Å². The van der Waals surface area contributed by atoms with E-state index in [2.05, 4.69) is 36.0 Å². The molecule has 0 aromatic heterocycles. The Hall–Kier alpha value is -0.780. The summed E-state index contributed by atoms with van der Waals surface area (Å²) in [6.45, 7) is 9.51. The van der Waals surface area contributed by atoms with Crippen molar-refractivity contribution in [3.63, 3.8) is 0 Å². The highest BCUT2D eigenvalue weighted by molar-refractivity contribution is 5.08. The molecule has 9 atom stereocenters. The highest BCUT2D eigenvalue weighted by Gasteiger charge is 2.58. The number of fused-ring (bicyclic) bond motifs is 5. The Bertz CT molecular complexity index is 671. The van der Waals surface area contributed by atoms with E-state index >= 15 is 0 Å². The summed E-state index contributed by atoms with van der Waals surface area (Å²) >= 11 is 0. The molecule has 4 saturated carbocycles. The number of aliphatic hydroxyl groups is 1. The zero-order valence-corrected chi connectivity index (χ0v) is 20.0. The number of nitrogens with one attached hydrogen (secondary N) is 2. The maximum Gasteiger partial charge on any atom is 0.0883 e. The van der Waals surface area contributed by atoms with E-state index in [4.69, 9.17) is 4.74 Å². The molecule has 0 radical (unpaired) electrons. The topological polar surface area (TPSA) is 56.8 Å². The SMILES string of the molecule is CCOC[C@@]1(O)CC[C@H]2[C@H](CC[C@@H]3[C@@H]2CC[C@]2(C)[C@@H]([C@H](C)CN4C=CNN4)CC[C@@H]32)C1. The minimum Gasteiger partial charge on any atom is -0.387 e. The average molecular weight is 432 g/mol. The van der Waals surface area contributed by atoms with E-state index in [1.54, 1.807) is 0 Å². The number of rotatable bonds is 6. The van der Waals surface area contributed by atoms with Gasteiger partial charge in [-0.25, -0.2) is 0 Å². The predicted octanol–water partition coefficient (Wildman–Crippen LogP) is 4.45. The Labute approximate surface area is 189 Å². The largest absolute Gasteiger partial charge is 0.387 e. The molecule has 0 bridgehead atoms. The molecule has 3 N–H and O–H groups in total. The molecule has 5 rings (SSSR count). The van der Waals surface area contributed by atoms with E-state index in [1.807, 2.05) is 13.1 Å². The minimum absolute atomic E-state index is 0.522. The Morgan fingerprint density at radius 2 is 1.94 bits per heavy atom. The molecule has 5 heteroatoms. The first-order valence-corrected chi connectivity index (χ1v) is 13.2. The third kappa shape index (κ3) is 3.93. The van der Waals surface area contributed by atoms with E-state index in [1.165, 1.54) is 44.9 Å². The molecule has 4 fully saturated rings. The number of hydrazine groups is 2. The van der Waals surface area contributed by atoms with Gasteiger partial charge in [0.25, 0.3) is 0 Å². The van der Waals surface area contributed by atoms with E-state index < -0.39 is 5.60 Å². The first-order chi connectivity index (χ1) is 14.9. The van der Waals surface area contributed by atoms with Crippen molar-refractivity contribution in [3.05, 3.63) is 12.4 Å². The first-order valence-electron chi connectivity index (χ1n) is 13.2. The van der Waals surface area contributed by atoms with E-state index in [-0.39, 0.29) is 0 Å². The number of hydrogen-bond donors (Lipinski definition) is 3. The van der Waals surface area contributed by atoms with E-state index in [9.17, 15) is 5.11 Å². The van der Waals surface area contributed by atoms with Gasteiger partial charge in [0.1, 0.15) is 0 Å². The average Bonchev–Trinajstić information content (AvgIpc) is 3.39. The summed E-state index contributed by atoms with van der Waals surface area (Å²) in [7, 11) is 0. The van der Waals surface area contributed by atoms with Crippen LogP contribution in [0.5, 0.6) is 0 Å². The molecule has 4 aliphatic carbocycles. The van der Waals surface area contributed by atoms with Crippen molar-refractivity contribution >= 4 is 0 Å². The lowest BCUT2D eigenvalue weighted by Crippen LogP contribution is -2.52. The molecule has 0 spiro atoms. The van der Waals surface area contributed by atoms with Crippen molar-refractivity contribution in [3.8, 4) is 0 Å². The van der Waals surface area contributed by atoms with Gasteiger partial charge in [-0.1, -0.05) is 13.8 Å². The van der Waals surface area contributed by atoms with Gasteiger partial charge in [-0.3, -0.25) is 5.01 Å². The zero-order valence-electron chi connectivity index (χ0n) is 20.0. The molecule has 0 unspecified atom stereocenters. The lowest BCUT2D eigenvalue weighted by molar-refractivity contribution is -0.129. The fourth-order valence-corrected chi connectivity index (χ4v) is 9.19. The molecular weight excluding hydrogens is 386 g/mol. The minimum atomic E-state index is -0.562. The summed E-state index contributed by atoms with van der Waals surface area (Å²) in [4.78, 5) is 0. The first kappa shape index (κ1) is 22.0. The number of hydrogen-bond acceptors (Lipinski definition) is 5. The van der Waals surface area contributed by atoms with Crippen LogP contribution in [0.15, 0.2) is 12.4 Å². The van der Waals surface area contributed by atoms with Crippen LogP contribution < -0.4 is 11.0 Å². The maximum absolute atomic E-state index is 11.1.